The summed E-state index contributed by atoms with van der Waals surface area (Å²) in [6.45, 7) is 0. The molecule has 0 saturated carbocycles. The Morgan fingerprint density at radius 3 is 2.12 bits per heavy atom. The van der Waals surface area contributed by atoms with E-state index in [2.05, 4.69) is 4.98 Å². The monoisotopic (exact) mass is 350 g/mol. The first-order valence-electron chi connectivity index (χ1n) is 6.82. The van der Waals surface area contributed by atoms with Crippen LogP contribution in [0.3, 0.4) is 0 Å². The summed E-state index contributed by atoms with van der Waals surface area (Å²) in [6, 6.07) is 11.9. The fourth-order valence-corrected chi connectivity index (χ4v) is 2.80. The normalized spacial score (nSPS) is 11.8. The second kappa shape index (κ2) is 6.04. The number of aromatic nitrogens is 1. The highest BCUT2D eigenvalue weighted by atomic mass is 32.2. The van der Waals surface area contributed by atoms with Crippen LogP contribution in [-0.2, 0) is 9.84 Å². The van der Waals surface area contributed by atoms with Crippen LogP contribution in [0, 0.1) is 0 Å². The number of nitrogen functional groups attached to an aromatic ring is 1. The molecule has 1 heterocycles. The Morgan fingerprint density at radius 1 is 0.958 bits per heavy atom. The molecule has 0 amide bonds. The third-order valence-corrected chi connectivity index (χ3v) is 4.76. The van der Waals surface area contributed by atoms with Gasteiger partial charge in [-0.15, -0.1) is 0 Å². The van der Waals surface area contributed by atoms with Crippen LogP contribution in [0.25, 0.3) is 22.8 Å². The molecule has 3 aromatic rings. The van der Waals surface area contributed by atoms with E-state index in [1.54, 1.807) is 24.3 Å². The molecular weight excluding hydrogens is 338 g/mol. The number of hydrogen-bond acceptors (Lipinski definition) is 5. The van der Waals surface area contributed by atoms with E-state index in [9.17, 15) is 17.2 Å². The van der Waals surface area contributed by atoms with E-state index in [1.165, 1.54) is 18.3 Å². The van der Waals surface area contributed by atoms with Gasteiger partial charge in [0.15, 0.2) is 5.76 Å². The summed E-state index contributed by atoms with van der Waals surface area (Å²) in [7, 11) is -4.61. The van der Waals surface area contributed by atoms with Crippen molar-refractivity contribution in [3.63, 3.8) is 0 Å². The Labute approximate surface area is 136 Å². The van der Waals surface area contributed by atoms with Gasteiger partial charge in [0.25, 0.3) is 0 Å². The number of nitrogens with two attached hydrogens (primary N) is 1. The SMILES string of the molecule is Nc1ccc(-c2cnc(-c3ccc(S(=O)(=O)C(F)F)cc3)o2)cc1. The maximum Gasteiger partial charge on any atom is 0.341 e. The first-order valence-corrected chi connectivity index (χ1v) is 8.37. The number of nitrogens with zero attached hydrogens (tertiary/aromatic N) is 1. The van der Waals surface area contributed by atoms with Crippen molar-refractivity contribution < 1.29 is 21.6 Å². The second-order valence-electron chi connectivity index (χ2n) is 4.98. The number of anilines is 1. The summed E-state index contributed by atoms with van der Waals surface area (Å²) >= 11 is 0. The predicted molar refractivity (Wildman–Crippen MR) is 85.0 cm³/mol. The van der Waals surface area contributed by atoms with Crippen molar-refractivity contribution in [3.05, 3.63) is 54.7 Å². The minimum absolute atomic E-state index is 0.253. The fourth-order valence-electron chi connectivity index (χ4n) is 2.08. The minimum atomic E-state index is -4.61. The third kappa shape index (κ3) is 3.00. The second-order valence-corrected chi connectivity index (χ2v) is 6.90. The molecule has 0 spiro atoms. The summed E-state index contributed by atoms with van der Waals surface area (Å²) < 4.78 is 53.4. The number of benzene rings is 2. The highest BCUT2D eigenvalue weighted by Gasteiger charge is 2.26. The lowest BCUT2D eigenvalue weighted by molar-refractivity contribution is 0.234. The van der Waals surface area contributed by atoms with E-state index in [-0.39, 0.29) is 5.89 Å². The molecule has 2 N–H and O–H groups in total. The molecule has 5 nitrogen and oxygen atoms in total. The molecule has 1 aromatic heterocycles. The minimum Gasteiger partial charge on any atom is -0.436 e. The fraction of sp³-hybridized carbons (Fsp3) is 0.0625. The van der Waals surface area contributed by atoms with Gasteiger partial charge in [-0.1, -0.05) is 0 Å². The molecule has 0 fully saturated rings. The molecule has 0 unspecified atom stereocenters. The molecule has 0 saturated heterocycles. The highest BCUT2D eigenvalue weighted by Crippen LogP contribution is 2.28. The van der Waals surface area contributed by atoms with Gasteiger partial charge in [-0.2, -0.15) is 8.78 Å². The molecule has 0 bridgehead atoms. The quantitative estimate of drug-likeness (QED) is 0.727. The molecule has 3 rings (SSSR count). The van der Waals surface area contributed by atoms with Gasteiger partial charge in [0, 0.05) is 16.8 Å². The number of alkyl halides is 2. The largest absolute Gasteiger partial charge is 0.436 e. The Hall–Kier alpha value is -2.74. The van der Waals surface area contributed by atoms with Crippen molar-refractivity contribution in [2.45, 2.75) is 10.7 Å². The van der Waals surface area contributed by atoms with Crippen LogP contribution in [0.4, 0.5) is 14.5 Å². The molecule has 0 aliphatic heterocycles. The van der Waals surface area contributed by atoms with Crippen molar-refractivity contribution in [2.24, 2.45) is 0 Å². The molecule has 0 aliphatic carbocycles. The van der Waals surface area contributed by atoms with Crippen LogP contribution in [0.2, 0.25) is 0 Å². The van der Waals surface area contributed by atoms with E-state index in [1.807, 2.05) is 0 Å². The number of sulfone groups is 1. The molecule has 0 radical (unpaired) electrons. The summed E-state index contributed by atoms with van der Waals surface area (Å²) in [5.41, 5.74) is 7.50. The maximum atomic E-state index is 12.5. The zero-order chi connectivity index (χ0) is 17.3. The molecule has 124 valence electrons. The Morgan fingerprint density at radius 2 is 1.54 bits per heavy atom. The molecule has 24 heavy (non-hydrogen) atoms. The zero-order valence-electron chi connectivity index (χ0n) is 12.2. The van der Waals surface area contributed by atoms with Crippen molar-refractivity contribution in [3.8, 4) is 22.8 Å². The van der Waals surface area contributed by atoms with Crippen molar-refractivity contribution >= 4 is 15.5 Å². The van der Waals surface area contributed by atoms with Gasteiger partial charge in [0.05, 0.1) is 11.1 Å². The highest BCUT2D eigenvalue weighted by molar-refractivity contribution is 7.91. The van der Waals surface area contributed by atoms with Gasteiger partial charge >= 0.3 is 5.76 Å². The van der Waals surface area contributed by atoms with Gasteiger partial charge in [-0.25, -0.2) is 13.4 Å². The van der Waals surface area contributed by atoms with Crippen LogP contribution >= 0.6 is 0 Å². The zero-order valence-corrected chi connectivity index (χ0v) is 13.0. The molecular formula is C16H12F2N2O3S. The first kappa shape index (κ1) is 16.1. The summed E-state index contributed by atoms with van der Waals surface area (Å²) in [4.78, 5) is 3.66. The van der Waals surface area contributed by atoms with Crippen LogP contribution in [0.1, 0.15) is 0 Å². The van der Waals surface area contributed by atoms with Crippen molar-refractivity contribution in [1.29, 1.82) is 0 Å². The van der Waals surface area contributed by atoms with Crippen molar-refractivity contribution in [2.75, 3.05) is 5.73 Å². The van der Waals surface area contributed by atoms with Gasteiger partial charge in [0.2, 0.25) is 15.7 Å². The van der Waals surface area contributed by atoms with Crippen LogP contribution < -0.4 is 5.73 Å². The standard InChI is InChI=1S/C16H12F2N2O3S/c17-16(18)24(21,22)13-7-3-11(4-8-13)15-20-9-14(23-15)10-1-5-12(19)6-2-10/h1-9,16H,19H2. The number of halogens is 2. The van der Waals surface area contributed by atoms with E-state index in [0.717, 1.165) is 17.7 Å². The lowest BCUT2D eigenvalue weighted by Gasteiger charge is -2.03. The summed E-state index contributed by atoms with van der Waals surface area (Å²) in [6.07, 6.45) is 1.52. The van der Waals surface area contributed by atoms with E-state index in [0.29, 0.717) is 17.0 Å². The Kier molecular flexibility index (Phi) is 4.06. The van der Waals surface area contributed by atoms with Crippen molar-refractivity contribution in [1.82, 2.24) is 4.98 Å². The average Bonchev–Trinajstić information content (AvgIpc) is 3.05. The molecule has 0 aliphatic rings. The average molecular weight is 350 g/mol. The molecule has 8 heteroatoms. The van der Waals surface area contributed by atoms with Gasteiger partial charge < -0.3 is 10.2 Å². The Balaban J connectivity index is 1.89. The van der Waals surface area contributed by atoms with E-state index >= 15 is 0 Å². The van der Waals surface area contributed by atoms with Gasteiger partial charge in [-0.05, 0) is 48.5 Å². The van der Waals surface area contributed by atoms with Gasteiger partial charge in [-0.3, -0.25) is 0 Å². The van der Waals surface area contributed by atoms with E-state index in [4.69, 9.17) is 10.2 Å². The molecule has 2 aromatic carbocycles. The predicted octanol–water partition coefficient (Wildman–Crippen LogP) is 3.59. The van der Waals surface area contributed by atoms with Crippen LogP contribution in [-0.4, -0.2) is 19.2 Å². The third-order valence-electron chi connectivity index (χ3n) is 3.37. The number of hydrogen-bond donors (Lipinski definition) is 1. The smallest absolute Gasteiger partial charge is 0.341 e. The summed E-state index contributed by atoms with van der Waals surface area (Å²) in [5.74, 6) is -2.70. The number of oxazole rings is 1. The summed E-state index contributed by atoms with van der Waals surface area (Å²) in [5, 5.41) is 0. The van der Waals surface area contributed by atoms with E-state index < -0.39 is 20.5 Å². The molecule has 0 atom stereocenters. The van der Waals surface area contributed by atoms with Crippen LogP contribution in [0.5, 0.6) is 0 Å². The van der Waals surface area contributed by atoms with Crippen LogP contribution in [0.15, 0.2) is 64.0 Å². The first-order chi connectivity index (χ1) is 11.4. The lowest BCUT2D eigenvalue weighted by Crippen LogP contribution is -2.11. The maximum absolute atomic E-state index is 12.5. The number of rotatable bonds is 4. The van der Waals surface area contributed by atoms with Gasteiger partial charge in [0.1, 0.15) is 0 Å². The lowest BCUT2D eigenvalue weighted by atomic mass is 10.2. The topological polar surface area (TPSA) is 86.2 Å². The Bertz CT molecular complexity index is 950.